The van der Waals surface area contributed by atoms with Crippen LogP contribution in [-0.4, -0.2) is 88.8 Å². The van der Waals surface area contributed by atoms with E-state index in [1.54, 1.807) is 5.48 Å². The topological polar surface area (TPSA) is 259 Å². The Balaban J connectivity index is 4.90. The number of aliphatic carboxylic acids is 1. The van der Waals surface area contributed by atoms with Crippen LogP contribution in [0.1, 0.15) is 13.3 Å². The van der Waals surface area contributed by atoms with Crippen LogP contribution >= 0.6 is 0 Å². The average Bonchev–Trinajstić information content (AvgIpc) is 2.67. The number of hydrogen-bond donors (Lipinski definition) is 9. The fraction of sp³-hybridized carbons (Fsp3) is 0.571. The molecule has 0 aromatic heterocycles. The molecule has 0 bridgehead atoms. The van der Waals surface area contributed by atoms with E-state index in [4.69, 9.17) is 16.1 Å². The van der Waals surface area contributed by atoms with E-state index in [9.17, 15) is 33.9 Å². The smallest absolute Gasteiger partial charge is 0.322 e. The zero-order valence-corrected chi connectivity index (χ0v) is 15.8. The van der Waals surface area contributed by atoms with Gasteiger partial charge in [0.1, 0.15) is 31.2 Å². The minimum absolute atomic E-state index is 0.545. The lowest BCUT2D eigenvalue weighted by atomic mass is 10.1. The molecule has 0 aromatic rings. The maximum atomic E-state index is 12.2. The van der Waals surface area contributed by atoms with E-state index in [0.717, 1.165) is 0 Å². The predicted octanol–water partition coefficient (Wildman–Crippen LogP) is -5.48. The van der Waals surface area contributed by atoms with Crippen molar-refractivity contribution in [1.82, 2.24) is 26.7 Å². The first-order valence-electron chi connectivity index (χ1n) is 8.33. The number of carbonyl (C=O) groups is 6. The highest BCUT2D eigenvalue weighted by Gasteiger charge is 2.28. The third-order valence-electron chi connectivity index (χ3n) is 3.34. The predicted molar refractivity (Wildman–Crippen MR) is 94.7 cm³/mol. The van der Waals surface area contributed by atoms with Crippen LogP contribution in [-0.2, 0) is 33.8 Å². The summed E-state index contributed by atoms with van der Waals surface area (Å²) in [6.45, 7) is -0.921. The van der Waals surface area contributed by atoms with Gasteiger partial charge in [0.25, 0.3) is 0 Å². The van der Waals surface area contributed by atoms with Gasteiger partial charge in [-0.3, -0.25) is 28.8 Å². The summed E-state index contributed by atoms with van der Waals surface area (Å²) in [4.78, 5) is 72.8. The average molecular weight is 436 g/mol. The number of aliphatic hydroxyl groups is 1. The maximum Gasteiger partial charge on any atom is 0.322 e. The van der Waals surface area contributed by atoms with E-state index in [1.807, 2.05) is 5.32 Å². The molecule has 3 atom stereocenters. The van der Waals surface area contributed by atoms with Crippen molar-refractivity contribution in [3.63, 3.8) is 0 Å². The summed E-state index contributed by atoms with van der Waals surface area (Å²) in [5.74, 6) is -6.01. The molecule has 16 nitrogen and oxygen atoms in total. The molecule has 0 saturated heterocycles. The summed E-state index contributed by atoms with van der Waals surface area (Å²) in [6, 6.07) is -4.23. The van der Waals surface area contributed by atoms with Gasteiger partial charge in [-0.25, -0.2) is 5.26 Å². The molecule has 170 valence electrons. The number of nitrogens with two attached hydrogens (primary N) is 1. The lowest BCUT2D eigenvalue weighted by Gasteiger charge is -2.22. The first-order chi connectivity index (χ1) is 14.0. The number of aliphatic hydroxyl groups excluding tert-OH is 1. The van der Waals surface area contributed by atoms with Crippen LogP contribution in [0.15, 0.2) is 0 Å². The van der Waals surface area contributed by atoms with E-state index in [2.05, 4.69) is 20.9 Å². The summed E-state index contributed by atoms with van der Waals surface area (Å²) in [7, 11) is 0. The molecule has 0 aromatic carbocycles. The molecule has 5 amide bonds. The minimum atomic E-state index is -1.49. The van der Waals surface area contributed by atoms with Crippen LogP contribution in [0.3, 0.4) is 0 Å². The molecule has 1 unspecified atom stereocenters. The highest BCUT2D eigenvalue weighted by Crippen LogP contribution is 1.95. The molecule has 0 aliphatic rings. The van der Waals surface area contributed by atoms with Crippen LogP contribution in [0.2, 0.25) is 0 Å². The quantitative estimate of drug-likeness (QED) is 0.0916. The van der Waals surface area contributed by atoms with E-state index < -0.39 is 79.7 Å². The van der Waals surface area contributed by atoms with Crippen LogP contribution in [0.4, 0.5) is 0 Å². The Bertz CT molecular complexity index is 657. The standard InChI is InChI=1S/C14H24N6O10/c1-6(18-14(28)8(5-21)19-10(23)3-17-30-29)12(26)20-7(2-9(15)22)13(27)16-4-11(24)25/h6-8,17,21,29H,2-5H2,1H3,(H2,15,22)(H,16,27)(H,18,28)(H,19,23)(H,20,26)(H,24,25)/t6-,7-,8?/m0/s1. The number of carboxylic acids is 1. The van der Waals surface area contributed by atoms with Crippen molar-refractivity contribution in [1.29, 1.82) is 0 Å². The van der Waals surface area contributed by atoms with Gasteiger partial charge in [0.05, 0.1) is 13.0 Å². The number of amides is 5. The highest BCUT2D eigenvalue weighted by atomic mass is 17.2. The lowest BCUT2D eigenvalue weighted by molar-refractivity contribution is -0.290. The Morgan fingerprint density at radius 3 is 2.07 bits per heavy atom. The van der Waals surface area contributed by atoms with E-state index in [0.29, 0.717) is 0 Å². The normalized spacial score (nSPS) is 13.3. The van der Waals surface area contributed by atoms with Gasteiger partial charge in [-0.2, -0.15) is 5.48 Å². The fourth-order valence-corrected chi connectivity index (χ4v) is 1.91. The second-order valence-electron chi connectivity index (χ2n) is 5.79. The third kappa shape index (κ3) is 10.9. The number of carbonyl (C=O) groups excluding carboxylic acids is 5. The van der Waals surface area contributed by atoms with Crippen molar-refractivity contribution in [2.75, 3.05) is 19.7 Å². The molecule has 0 heterocycles. The molecule has 16 heteroatoms. The summed E-state index contributed by atoms with van der Waals surface area (Å²) < 4.78 is 0. The van der Waals surface area contributed by atoms with Crippen LogP contribution in [0.5, 0.6) is 0 Å². The van der Waals surface area contributed by atoms with Crippen molar-refractivity contribution in [3.05, 3.63) is 0 Å². The largest absolute Gasteiger partial charge is 0.480 e. The molecule has 0 aliphatic carbocycles. The van der Waals surface area contributed by atoms with Gasteiger partial charge in [-0.05, 0) is 6.92 Å². The van der Waals surface area contributed by atoms with Crippen molar-refractivity contribution in [2.45, 2.75) is 31.5 Å². The second-order valence-corrected chi connectivity index (χ2v) is 5.79. The molecular formula is C14H24N6O10. The first kappa shape index (κ1) is 26.7. The van der Waals surface area contributed by atoms with Gasteiger partial charge >= 0.3 is 5.97 Å². The zero-order valence-electron chi connectivity index (χ0n) is 15.8. The Morgan fingerprint density at radius 1 is 0.933 bits per heavy atom. The SMILES string of the molecule is C[C@H](NC(=O)C(CO)NC(=O)CNOO)C(=O)N[C@@H](CC(N)=O)C(=O)NCC(=O)O. The minimum Gasteiger partial charge on any atom is -0.480 e. The lowest BCUT2D eigenvalue weighted by Crippen LogP contribution is -2.57. The number of rotatable bonds is 14. The summed E-state index contributed by atoms with van der Waals surface area (Å²) in [6.07, 6.45) is -0.632. The fourth-order valence-electron chi connectivity index (χ4n) is 1.91. The number of hydroxylamine groups is 1. The maximum absolute atomic E-state index is 12.2. The molecule has 0 rings (SSSR count). The third-order valence-corrected chi connectivity index (χ3v) is 3.34. The molecule has 30 heavy (non-hydrogen) atoms. The number of nitrogens with one attached hydrogen (secondary N) is 5. The van der Waals surface area contributed by atoms with Gasteiger partial charge in [-0.1, -0.05) is 0 Å². The molecule has 0 fully saturated rings. The van der Waals surface area contributed by atoms with E-state index in [1.165, 1.54) is 6.92 Å². The highest BCUT2D eigenvalue weighted by molar-refractivity contribution is 5.96. The van der Waals surface area contributed by atoms with E-state index >= 15 is 0 Å². The summed E-state index contributed by atoms with van der Waals surface area (Å²) in [5.41, 5.74) is 6.80. The van der Waals surface area contributed by atoms with Crippen molar-refractivity contribution in [2.24, 2.45) is 5.73 Å². The second kappa shape index (κ2) is 13.8. The Morgan fingerprint density at radius 2 is 1.57 bits per heavy atom. The molecule has 0 aliphatic heterocycles. The molecule has 0 radical (unpaired) electrons. The number of hydrogen-bond acceptors (Lipinski definition) is 10. The molecule has 10 N–H and O–H groups in total. The Labute approximate surface area is 169 Å². The van der Waals surface area contributed by atoms with Gasteiger partial charge in [0.2, 0.25) is 29.5 Å². The van der Waals surface area contributed by atoms with Crippen LogP contribution < -0.4 is 32.5 Å². The number of primary amides is 1. The Kier molecular flexibility index (Phi) is 12.2. The molecular weight excluding hydrogens is 412 g/mol. The molecule has 0 spiro atoms. The number of carboxylic acid groups (broad SMARTS) is 1. The zero-order chi connectivity index (χ0) is 23.3. The van der Waals surface area contributed by atoms with Gasteiger partial charge < -0.3 is 37.2 Å². The van der Waals surface area contributed by atoms with Gasteiger partial charge in [-0.15, -0.1) is 4.99 Å². The van der Waals surface area contributed by atoms with Crippen molar-refractivity contribution >= 4 is 35.5 Å². The van der Waals surface area contributed by atoms with Crippen molar-refractivity contribution < 1.29 is 49.2 Å². The van der Waals surface area contributed by atoms with E-state index in [-0.39, 0.29) is 0 Å². The van der Waals surface area contributed by atoms with Crippen LogP contribution in [0.25, 0.3) is 0 Å². The molecule has 0 saturated carbocycles. The van der Waals surface area contributed by atoms with Gasteiger partial charge in [0.15, 0.2) is 0 Å². The first-order valence-corrected chi connectivity index (χ1v) is 8.33. The van der Waals surface area contributed by atoms with Crippen LogP contribution in [0, 0.1) is 0 Å². The Hall–Kier alpha value is -3.34. The summed E-state index contributed by atoms with van der Waals surface area (Å²) in [5, 5.41) is 34.2. The summed E-state index contributed by atoms with van der Waals surface area (Å²) >= 11 is 0. The van der Waals surface area contributed by atoms with Crippen molar-refractivity contribution in [3.8, 4) is 0 Å². The van der Waals surface area contributed by atoms with Gasteiger partial charge in [0, 0.05) is 0 Å². The monoisotopic (exact) mass is 436 g/mol.